The van der Waals surface area contributed by atoms with Crippen molar-refractivity contribution < 1.29 is 0 Å². The summed E-state index contributed by atoms with van der Waals surface area (Å²) in [4.78, 5) is 4.79. The van der Waals surface area contributed by atoms with E-state index in [2.05, 4.69) is 29.8 Å². The Kier molecular flexibility index (Phi) is 3.08. The van der Waals surface area contributed by atoms with Gasteiger partial charge in [0.15, 0.2) is 0 Å². The first-order chi connectivity index (χ1) is 8.79. The molecule has 96 valence electrons. The van der Waals surface area contributed by atoms with Crippen LogP contribution in [0.5, 0.6) is 0 Å². The predicted molar refractivity (Wildman–Crippen MR) is 74.7 cm³/mol. The smallest absolute Gasteiger partial charge is 0.112 e. The second kappa shape index (κ2) is 4.73. The number of nitrogens with zero attached hydrogens (tertiary/aromatic N) is 2. The van der Waals surface area contributed by atoms with Crippen LogP contribution in [0.25, 0.3) is 11.0 Å². The summed E-state index contributed by atoms with van der Waals surface area (Å²) in [7, 11) is 2.15. The van der Waals surface area contributed by atoms with Gasteiger partial charge in [-0.25, -0.2) is 4.98 Å². The van der Waals surface area contributed by atoms with E-state index in [-0.39, 0.29) is 0 Å². The number of rotatable bonds is 4. The second-order valence-electron chi connectivity index (χ2n) is 5.37. The topological polar surface area (TPSA) is 43.8 Å². The summed E-state index contributed by atoms with van der Waals surface area (Å²) in [5.74, 6) is 1.96. The van der Waals surface area contributed by atoms with Crippen molar-refractivity contribution in [3.63, 3.8) is 0 Å². The van der Waals surface area contributed by atoms with E-state index in [0.29, 0.717) is 5.92 Å². The van der Waals surface area contributed by atoms with Crippen LogP contribution in [0.2, 0.25) is 0 Å². The van der Waals surface area contributed by atoms with E-state index in [1.807, 2.05) is 0 Å². The second-order valence-corrected chi connectivity index (χ2v) is 5.37. The summed E-state index contributed by atoms with van der Waals surface area (Å²) in [5, 5.41) is 0. The average molecular weight is 243 g/mol. The zero-order valence-corrected chi connectivity index (χ0v) is 11.0. The van der Waals surface area contributed by atoms with Gasteiger partial charge in [-0.1, -0.05) is 12.5 Å². The van der Waals surface area contributed by atoms with Gasteiger partial charge < -0.3 is 10.3 Å². The molecule has 0 aliphatic heterocycles. The number of benzene rings is 1. The van der Waals surface area contributed by atoms with Gasteiger partial charge in [0.05, 0.1) is 11.0 Å². The highest BCUT2D eigenvalue weighted by atomic mass is 15.1. The lowest BCUT2D eigenvalue weighted by Crippen LogP contribution is -2.13. The number of aromatic nitrogens is 2. The normalized spacial score (nSPS) is 16.1. The van der Waals surface area contributed by atoms with Crippen molar-refractivity contribution in [3.05, 3.63) is 29.6 Å². The molecule has 3 heteroatoms. The van der Waals surface area contributed by atoms with E-state index in [1.165, 1.54) is 36.2 Å². The molecule has 1 fully saturated rings. The van der Waals surface area contributed by atoms with Crippen LogP contribution in [0.15, 0.2) is 18.2 Å². The van der Waals surface area contributed by atoms with Crippen LogP contribution in [0.4, 0.5) is 0 Å². The summed E-state index contributed by atoms with van der Waals surface area (Å²) in [6, 6.07) is 6.62. The fourth-order valence-corrected chi connectivity index (χ4v) is 2.75. The third-order valence-electron chi connectivity index (χ3n) is 4.12. The maximum Gasteiger partial charge on any atom is 0.112 e. The summed E-state index contributed by atoms with van der Waals surface area (Å²) in [5.41, 5.74) is 9.35. The van der Waals surface area contributed by atoms with Gasteiger partial charge in [-0.2, -0.15) is 0 Å². The molecule has 0 spiro atoms. The van der Waals surface area contributed by atoms with Gasteiger partial charge in [0.25, 0.3) is 0 Å². The zero-order chi connectivity index (χ0) is 12.5. The molecule has 1 aliphatic carbocycles. The minimum absolute atomic E-state index is 0.690. The SMILES string of the molecule is Cn1c(C2CCC2)nc2ccc(CCCN)cc21. The maximum absolute atomic E-state index is 5.57. The monoisotopic (exact) mass is 243 g/mol. The highest BCUT2D eigenvalue weighted by Crippen LogP contribution is 2.36. The van der Waals surface area contributed by atoms with E-state index in [1.54, 1.807) is 0 Å². The molecule has 1 aromatic heterocycles. The lowest BCUT2D eigenvalue weighted by atomic mass is 9.85. The molecule has 3 nitrogen and oxygen atoms in total. The van der Waals surface area contributed by atoms with Crippen molar-refractivity contribution in [3.8, 4) is 0 Å². The Morgan fingerprint density at radius 2 is 2.22 bits per heavy atom. The highest BCUT2D eigenvalue weighted by molar-refractivity contribution is 5.77. The Hall–Kier alpha value is -1.35. The van der Waals surface area contributed by atoms with Crippen molar-refractivity contribution in [2.24, 2.45) is 12.8 Å². The van der Waals surface area contributed by atoms with E-state index in [4.69, 9.17) is 10.7 Å². The molecule has 1 saturated carbocycles. The molecule has 2 N–H and O–H groups in total. The van der Waals surface area contributed by atoms with Gasteiger partial charge >= 0.3 is 0 Å². The molecule has 0 radical (unpaired) electrons. The summed E-state index contributed by atoms with van der Waals surface area (Å²) < 4.78 is 2.28. The summed E-state index contributed by atoms with van der Waals surface area (Å²) >= 11 is 0. The van der Waals surface area contributed by atoms with E-state index in [0.717, 1.165) is 24.9 Å². The molecular weight excluding hydrogens is 222 g/mol. The van der Waals surface area contributed by atoms with E-state index in [9.17, 15) is 0 Å². The van der Waals surface area contributed by atoms with Crippen molar-refractivity contribution in [2.45, 2.75) is 38.0 Å². The Balaban J connectivity index is 1.96. The molecule has 0 amide bonds. The number of imidazole rings is 1. The number of hydrogen-bond acceptors (Lipinski definition) is 2. The Labute approximate surface area is 108 Å². The molecule has 2 aromatic rings. The average Bonchev–Trinajstić information content (AvgIpc) is 2.63. The quantitative estimate of drug-likeness (QED) is 0.897. The Bertz CT molecular complexity index is 552. The molecule has 0 atom stereocenters. The van der Waals surface area contributed by atoms with Gasteiger partial charge in [-0.3, -0.25) is 0 Å². The largest absolute Gasteiger partial charge is 0.331 e. The Morgan fingerprint density at radius 1 is 1.39 bits per heavy atom. The van der Waals surface area contributed by atoms with Crippen LogP contribution in [-0.4, -0.2) is 16.1 Å². The van der Waals surface area contributed by atoms with Crippen LogP contribution in [0.3, 0.4) is 0 Å². The van der Waals surface area contributed by atoms with Crippen LogP contribution in [0, 0.1) is 0 Å². The first kappa shape index (κ1) is 11.7. The molecular formula is C15H21N3. The lowest BCUT2D eigenvalue weighted by molar-refractivity contribution is 0.395. The third kappa shape index (κ3) is 1.93. The summed E-state index contributed by atoms with van der Waals surface area (Å²) in [6.07, 6.45) is 6.08. The van der Waals surface area contributed by atoms with Gasteiger partial charge in [-0.15, -0.1) is 0 Å². The fraction of sp³-hybridized carbons (Fsp3) is 0.533. The van der Waals surface area contributed by atoms with Crippen LogP contribution in [-0.2, 0) is 13.5 Å². The molecule has 0 bridgehead atoms. The molecule has 0 unspecified atom stereocenters. The molecule has 1 aromatic carbocycles. The lowest BCUT2D eigenvalue weighted by Gasteiger charge is -2.24. The highest BCUT2D eigenvalue weighted by Gasteiger charge is 2.24. The van der Waals surface area contributed by atoms with Crippen molar-refractivity contribution in [2.75, 3.05) is 6.54 Å². The molecule has 0 saturated heterocycles. The first-order valence-corrected chi connectivity index (χ1v) is 6.95. The molecule has 18 heavy (non-hydrogen) atoms. The molecule has 1 heterocycles. The number of nitrogens with two attached hydrogens (primary N) is 1. The minimum Gasteiger partial charge on any atom is -0.331 e. The molecule has 3 rings (SSSR count). The van der Waals surface area contributed by atoms with Crippen molar-refractivity contribution in [1.82, 2.24) is 9.55 Å². The standard InChI is InChI=1S/C15H21N3/c1-18-14-10-11(4-3-9-16)7-8-13(14)17-15(18)12-5-2-6-12/h7-8,10,12H,2-6,9,16H2,1H3. The maximum atomic E-state index is 5.57. The van der Waals surface area contributed by atoms with Gasteiger partial charge in [0, 0.05) is 13.0 Å². The van der Waals surface area contributed by atoms with Crippen LogP contribution < -0.4 is 5.73 Å². The zero-order valence-electron chi connectivity index (χ0n) is 11.0. The van der Waals surface area contributed by atoms with Gasteiger partial charge in [0.1, 0.15) is 5.82 Å². The Morgan fingerprint density at radius 3 is 2.89 bits per heavy atom. The predicted octanol–water partition coefficient (Wildman–Crippen LogP) is 2.73. The van der Waals surface area contributed by atoms with Crippen LogP contribution in [0.1, 0.15) is 43.0 Å². The fourth-order valence-electron chi connectivity index (χ4n) is 2.75. The third-order valence-corrected chi connectivity index (χ3v) is 4.12. The summed E-state index contributed by atoms with van der Waals surface area (Å²) in [6.45, 7) is 0.761. The van der Waals surface area contributed by atoms with E-state index >= 15 is 0 Å². The number of fused-ring (bicyclic) bond motifs is 1. The first-order valence-electron chi connectivity index (χ1n) is 6.95. The van der Waals surface area contributed by atoms with Crippen LogP contribution >= 0.6 is 0 Å². The van der Waals surface area contributed by atoms with Crippen molar-refractivity contribution in [1.29, 1.82) is 0 Å². The minimum atomic E-state index is 0.690. The van der Waals surface area contributed by atoms with E-state index < -0.39 is 0 Å². The van der Waals surface area contributed by atoms with Gasteiger partial charge in [-0.05, 0) is 49.9 Å². The van der Waals surface area contributed by atoms with Crippen molar-refractivity contribution >= 4 is 11.0 Å². The number of hydrogen-bond donors (Lipinski definition) is 1. The number of aryl methyl sites for hydroxylation is 2. The molecule has 1 aliphatic rings. The van der Waals surface area contributed by atoms with Gasteiger partial charge in [0.2, 0.25) is 0 Å².